The molecule has 0 saturated carbocycles. The van der Waals surface area contributed by atoms with E-state index in [1.54, 1.807) is 7.11 Å². The van der Waals surface area contributed by atoms with Gasteiger partial charge in [0.05, 0.1) is 24.7 Å². The Labute approximate surface area is 130 Å². The summed E-state index contributed by atoms with van der Waals surface area (Å²) in [5.74, 6) is 1.39. The number of imidazole rings is 1. The van der Waals surface area contributed by atoms with Crippen molar-refractivity contribution in [1.29, 1.82) is 0 Å². The summed E-state index contributed by atoms with van der Waals surface area (Å²) in [5.41, 5.74) is 9.18. The van der Waals surface area contributed by atoms with Gasteiger partial charge in [-0.15, -0.1) is 0 Å². The average Bonchev–Trinajstić information content (AvgIpc) is 2.75. The molecule has 20 heavy (non-hydrogen) atoms. The van der Waals surface area contributed by atoms with Gasteiger partial charge in [-0.2, -0.15) is 0 Å². The molecule has 2 aromatic carbocycles. The fourth-order valence-electron chi connectivity index (χ4n) is 2.20. The summed E-state index contributed by atoms with van der Waals surface area (Å²) >= 11 is 2.28. The number of anilines is 1. The van der Waals surface area contributed by atoms with Crippen molar-refractivity contribution in [1.82, 2.24) is 9.55 Å². The number of ether oxygens (including phenoxy) is 1. The maximum absolute atomic E-state index is 6.03. The SMILES string of the molecule is COc1ccc(Cn2c(N)nc3cc(I)ccc32)cc1. The molecule has 0 atom stereocenters. The summed E-state index contributed by atoms with van der Waals surface area (Å²) in [7, 11) is 1.66. The second-order valence-corrected chi connectivity index (χ2v) is 5.78. The number of benzene rings is 2. The Bertz CT molecular complexity index is 750. The molecule has 102 valence electrons. The number of rotatable bonds is 3. The van der Waals surface area contributed by atoms with Crippen molar-refractivity contribution in [3.05, 3.63) is 51.6 Å². The summed E-state index contributed by atoms with van der Waals surface area (Å²) in [6.45, 7) is 0.701. The molecule has 0 unspecified atom stereocenters. The summed E-state index contributed by atoms with van der Waals surface area (Å²) in [5, 5.41) is 0. The van der Waals surface area contributed by atoms with Crippen LogP contribution in [0.4, 0.5) is 5.95 Å². The summed E-state index contributed by atoms with van der Waals surface area (Å²) < 4.78 is 8.34. The minimum absolute atomic E-state index is 0.540. The van der Waals surface area contributed by atoms with Crippen molar-refractivity contribution < 1.29 is 4.74 Å². The molecule has 0 radical (unpaired) electrons. The van der Waals surface area contributed by atoms with E-state index in [0.29, 0.717) is 12.5 Å². The maximum Gasteiger partial charge on any atom is 0.201 e. The van der Waals surface area contributed by atoms with Crippen molar-refractivity contribution >= 4 is 39.6 Å². The van der Waals surface area contributed by atoms with Crippen LogP contribution in [-0.4, -0.2) is 16.7 Å². The third-order valence-corrected chi connectivity index (χ3v) is 3.91. The molecule has 5 heteroatoms. The van der Waals surface area contributed by atoms with Gasteiger partial charge in [0.25, 0.3) is 0 Å². The monoisotopic (exact) mass is 379 g/mol. The van der Waals surface area contributed by atoms with Crippen molar-refractivity contribution in [2.45, 2.75) is 6.54 Å². The molecule has 4 nitrogen and oxygen atoms in total. The highest BCUT2D eigenvalue weighted by Crippen LogP contribution is 2.22. The van der Waals surface area contributed by atoms with Gasteiger partial charge >= 0.3 is 0 Å². The molecular weight excluding hydrogens is 365 g/mol. The van der Waals surface area contributed by atoms with Crippen molar-refractivity contribution in [2.24, 2.45) is 0 Å². The predicted octanol–water partition coefficient (Wildman–Crippen LogP) is 3.28. The fraction of sp³-hybridized carbons (Fsp3) is 0.133. The first kappa shape index (κ1) is 13.2. The van der Waals surface area contributed by atoms with Crippen LogP contribution < -0.4 is 10.5 Å². The van der Waals surface area contributed by atoms with E-state index in [9.17, 15) is 0 Å². The predicted molar refractivity (Wildman–Crippen MR) is 89.0 cm³/mol. The fourth-order valence-corrected chi connectivity index (χ4v) is 2.68. The Morgan fingerprint density at radius 2 is 1.95 bits per heavy atom. The van der Waals surface area contributed by atoms with Gasteiger partial charge in [0.1, 0.15) is 5.75 Å². The largest absolute Gasteiger partial charge is 0.497 e. The molecule has 1 heterocycles. The third kappa shape index (κ3) is 2.45. The molecule has 0 saturated heterocycles. The zero-order valence-electron chi connectivity index (χ0n) is 11.0. The van der Waals surface area contributed by atoms with Crippen LogP contribution in [0.1, 0.15) is 5.56 Å². The minimum atomic E-state index is 0.540. The lowest BCUT2D eigenvalue weighted by atomic mass is 10.2. The zero-order valence-corrected chi connectivity index (χ0v) is 13.2. The van der Waals surface area contributed by atoms with Gasteiger partial charge in [0.2, 0.25) is 5.95 Å². The number of hydrogen-bond donors (Lipinski definition) is 1. The molecule has 0 bridgehead atoms. The van der Waals surface area contributed by atoms with E-state index >= 15 is 0 Å². The molecule has 0 aliphatic rings. The van der Waals surface area contributed by atoms with Gasteiger partial charge in [-0.3, -0.25) is 0 Å². The molecule has 0 spiro atoms. The Morgan fingerprint density at radius 1 is 1.20 bits per heavy atom. The van der Waals surface area contributed by atoms with Crippen LogP contribution in [0.5, 0.6) is 5.75 Å². The number of fused-ring (bicyclic) bond motifs is 1. The Kier molecular flexibility index (Phi) is 3.52. The highest BCUT2D eigenvalue weighted by Gasteiger charge is 2.08. The summed E-state index contributed by atoms with van der Waals surface area (Å²) in [6, 6.07) is 14.1. The Hall–Kier alpha value is -1.76. The van der Waals surface area contributed by atoms with E-state index in [-0.39, 0.29) is 0 Å². The van der Waals surface area contributed by atoms with Crippen LogP contribution in [0.3, 0.4) is 0 Å². The quantitative estimate of drug-likeness (QED) is 0.711. The highest BCUT2D eigenvalue weighted by atomic mass is 127. The number of nitrogens with two attached hydrogens (primary N) is 1. The van der Waals surface area contributed by atoms with E-state index in [4.69, 9.17) is 10.5 Å². The molecule has 3 aromatic rings. The second kappa shape index (κ2) is 5.32. The van der Waals surface area contributed by atoms with Crippen LogP contribution in [0, 0.1) is 3.57 Å². The number of aromatic nitrogens is 2. The number of hydrogen-bond acceptors (Lipinski definition) is 3. The molecule has 0 aliphatic carbocycles. The standard InChI is InChI=1S/C15H14IN3O/c1-20-12-5-2-10(3-6-12)9-19-14-7-4-11(16)8-13(14)18-15(19)17/h2-8H,9H2,1H3,(H2,17,18). The van der Waals surface area contributed by atoms with Gasteiger partial charge in [-0.05, 0) is 58.5 Å². The first-order valence-corrected chi connectivity index (χ1v) is 7.29. The van der Waals surface area contributed by atoms with Crippen LogP contribution in [-0.2, 0) is 6.54 Å². The van der Waals surface area contributed by atoms with Gasteiger partial charge in [-0.1, -0.05) is 12.1 Å². The smallest absolute Gasteiger partial charge is 0.201 e. The van der Waals surface area contributed by atoms with Gasteiger partial charge in [0.15, 0.2) is 0 Å². The zero-order chi connectivity index (χ0) is 14.1. The Morgan fingerprint density at radius 3 is 2.65 bits per heavy atom. The van der Waals surface area contributed by atoms with Crippen molar-refractivity contribution in [3.8, 4) is 5.75 Å². The third-order valence-electron chi connectivity index (χ3n) is 3.24. The normalized spacial score (nSPS) is 10.9. The molecule has 0 aliphatic heterocycles. The van der Waals surface area contributed by atoms with Crippen LogP contribution in [0.2, 0.25) is 0 Å². The molecular formula is C15H14IN3O. The maximum atomic E-state index is 6.03. The molecule has 0 amide bonds. The number of nitrogens with zero attached hydrogens (tertiary/aromatic N) is 2. The van der Waals surface area contributed by atoms with Crippen LogP contribution in [0.15, 0.2) is 42.5 Å². The molecule has 3 rings (SSSR count). The highest BCUT2D eigenvalue weighted by molar-refractivity contribution is 14.1. The lowest BCUT2D eigenvalue weighted by Gasteiger charge is -2.07. The number of nitrogen functional groups attached to an aromatic ring is 1. The first-order chi connectivity index (χ1) is 9.67. The van der Waals surface area contributed by atoms with Crippen molar-refractivity contribution in [2.75, 3.05) is 12.8 Å². The second-order valence-electron chi connectivity index (χ2n) is 4.54. The minimum Gasteiger partial charge on any atom is -0.497 e. The molecule has 2 N–H and O–H groups in total. The van der Waals surface area contributed by atoms with Crippen LogP contribution >= 0.6 is 22.6 Å². The number of halogens is 1. The van der Waals surface area contributed by atoms with E-state index in [0.717, 1.165) is 25.9 Å². The first-order valence-electron chi connectivity index (χ1n) is 6.21. The topological polar surface area (TPSA) is 53.1 Å². The van der Waals surface area contributed by atoms with Gasteiger partial charge < -0.3 is 15.0 Å². The summed E-state index contributed by atoms with van der Waals surface area (Å²) in [4.78, 5) is 4.42. The van der Waals surface area contributed by atoms with E-state index in [1.165, 1.54) is 0 Å². The molecule has 1 aromatic heterocycles. The van der Waals surface area contributed by atoms with E-state index in [2.05, 4.69) is 39.7 Å². The van der Waals surface area contributed by atoms with E-state index < -0.39 is 0 Å². The van der Waals surface area contributed by atoms with Crippen molar-refractivity contribution in [3.63, 3.8) is 0 Å². The van der Waals surface area contributed by atoms with Gasteiger partial charge in [0, 0.05) is 3.57 Å². The van der Waals surface area contributed by atoms with Gasteiger partial charge in [-0.25, -0.2) is 4.98 Å². The average molecular weight is 379 g/mol. The lowest BCUT2D eigenvalue weighted by molar-refractivity contribution is 0.414. The Balaban J connectivity index is 1.99. The molecule has 0 fully saturated rings. The number of methoxy groups -OCH3 is 1. The van der Waals surface area contributed by atoms with Crippen LogP contribution in [0.25, 0.3) is 11.0 Å². The lowest BCUT2D eigenvalue weighted by Crippen LogP contribution is -2.04. The summed E-state index contributed by atoms with van der Waals surface area (Å²) in [6.07, 6.45) is 0. The van der Waals surface area contributed by atoms with E-state index in [1.807, 2.05) is 34.9 Å².